The lowest BCUT2D eigenvalue weighted by Gasteiger charge is -2.18. The Morgan fingerprint density at radius 1 is 1.43 bits per heavy atom. The summed E-state index contributed by atoms with van der Waals surface area (Å²) in [7, 11) is 0. The van der Waals surface area contributed by atoms with Crippen molar-refractivity contribution in [3.05, 3.63) is 19.1 Å². The molecule has 0 aliphatic rings. The van der Waals surface area contributed by atoms with Gasteiger partial charge in [0.25, 0.3) is 5.13 Å². The largest absolute Gasteiger partial charge is 0.352 e. The van der Waals surface area contributed by atoms with Gasteiger partial charge >= 0.3 is 4.83 Å². The summed E-state index contributed by atoms with van der Waals surface area (Å²) in [6.07, 6.45) is 2.68. The Bertz CT molecular complexity index is 192. The SMILES string of the molecule is [CH2]CCSCC=CC(F)(Cl)C(F)(F)Br. The maximum absolute atomic E-state index is 13.0. The van der Waals surface area contributed by atoms with Crippen LogP contribution in [0.5, 0.6) is 0 Å². The molecule has 1 unspecified atom stereocenters. The predicted octanol–water partition coefficient (Wildman–Crippen LogP) is 4.39. The van der Waals surface area contributed by atoms with Gasteiger partial charge in [-0.05, 0) is 34.2 Å². The van der Waals surface area contributed by atoms with Gasteiger partial charge < -0.3 is 0 Å². The van der Waals surface area contributed by atoms with Crippen molar-refractivity contribution in [3.63, 3.8) is 0 Å². The summed E-state index contributed by atoms with van der Waals surface area (Å²) < 4.78 is 37.8. The lowest BCUT2D eigenvalue weighted by Crippen LogP contribution is -2.31. The summed E-state index contributed by atoms with van der Waals surface area (Å²) in [4.78, 5) is -3.75. The molecular weight excluding hydrogens is 301 g/mol. The van der Waals surface area contributed by atoms with Crippen LogP contribution in [0.4, 0.5) is 13.2 Å². The number of thioether (sulfide) groups is 1. The quantitative estimate of drug-likeness (QED) is 0.398. The summed E-state index contributed by atoms with van der Waals surface area (Å²) in [6, 6.07) is 0. The molecule has 0 heterocycles. The highest BCUT2D eigenvalue weighted by Gasteiger charge is 2.49. The van der Waals surface area contributed by atoms with E-state index < -0.39 is 9.96 Å². The zero-order valence-corrected chi connectivity index (χ0v) is 10.4. The topological polar surface area (TPSA) is 0 Å². The van der Waals surface area contributed by atoms with Crippen molar-refractivity contribution in [1.82, 2.24) is 0 Å². The number of hydrogen-bond donors (Lipinski definition) is 0. The standard InChI is InChI=1S/C8H10BrClF3S/c1-2-5-14-6-3-4-7(10,11)8(9,12)13/h3-4H,1-2,5-6H2. The van der Waals surface area contributed by atoms with E-state index in [1.54, 1.807) is 0 Å². The molecule has 1 radical (unpaired) electrons. The minimum absolute atomic E-state index is 0.441. The van der Waals surface area contributed by atoms with Crippen molar-refractivity contribution in [2.24, 2.45) is 0 Å². The van der Waals surface area contributed by atoms with Crippen LogP contribution in [0.1, 0.15) is 6.42 Å². The first-order chi connectivity index (χ1) is 6.31. The molecule has 0 aromatic heterocycles. The van der Waals surface area contributed by atoms with E-state index in [9.17, 15) is 13.2 Å². The molecule has 0 spiro atoms. The van der Waals surface area contributed by atoms with Gasteiger partial charge in [0.15, 0.2) is 0 Å². The third-order valence-corrected chi connectivity index (χ3v) is 3.38. The smallest absolute Gasteiger partial charge is 0.214 e. The molecule has 0 bridgehead atoms. The molecule has 0 rings (SSSR count). The second-order valence-electron chi connectivity index (χ2n) is 2.45. The molecule has 0 nitrogen and oxygen atoms in total. The minimum Gasteiger partial charge on any atom is -0.214 e. The molecule has 83 valence electrons. The maximum Gasteiger partial charge on any atom is 0.352 e. The summed E-state index contributed by atoms with van der Waals surface area (Å²) in [5, 5.41) is -3.17. The molecule has 0 aromatic carbocycles. The number of allylic oxidation sites excluding steroid dienone is 1. The van der Waals surface area contributed by atoms with Gasteiger partial charge in [-0.15, -0.1) is 0 Å². The third-order valence-electron chi connectivity index (χ3n) is 1.21. The minimum atomic E-state index is -3.75. The van der Waals surface area contributed by atoms with Gasteiger partial charge in [0, 0.05) is 5.75 Å². The van der Waals surface area contributed by atoms with Gasteiger partial charge in [0.1, 0.15) is 0 Å². The average molecular weight is 311 g/mol. The summed E-state index contributed by atoms with van der Waals surface area (Å²) in [6.45, 7) is 3.60. The Labute approximate surface area is 99.4 Å². The van der Waals surface area contributed by atoms with Crippen LogP contribution in [0.25, 0.3) is 0 Å². The number of rotatable bonds is 6. The fourth-order valence-corrected chi connectivity index (χ4v) is 1.37. The molecule has 0 amide bonds. The second-order valence-corrected chi connectivity index (χ2v) is 5.15. The summed E-state index contributed by atoms with van der Waals surface area (Å²) >= 11 is 8.30. The maximum atomic E-state index is 13.0. The lowest BCUT2D eigenvalue weighted by molar-refractivity contribution is 0.0218. The first-order valence-corrected chi connectivity index (χ1v) is 6.13. The molecule has 0 aliphatic heterocycles. The summed E-state index contributed by atoms with van der Waals surface area (Å²) in [5.74, 6) is 1.24. The zero-order chi connectivity index (χ0) is 11.2. The molecule has 0 saturated heterocycles. The van der Waals surface area contributed by atoms with Gasteiger partial charge in [-0.25, -0.2) is 4.39 Å². The number of hydrogen-bond acceptors (Lipinski definition) is 1. The van der Waals surface area contributed by atoms with Crippen molar-refractivity contribution in [1.29, 1.82) is 0 Å². The number of alkyl halides is 5. The van der Waals surface area contributed by atoms with E-state index in [1.165, 1.54) is 17.8 Å². The van der Waals surface area contributed by atoms with Crippen molar-refractivity contribution in [2.45, 2.75) is 16.4 Å². The van der Waals surface area contributed by atoms with Crippen molar-refractivity contribution < 1.29 is 13.2 Å². The van der Waals surface area contributed by atoms with E-state index in [2.05, 4.69) is 6.92 Å². The number of halogens is 5. The molecular formula is C8H10BrClF3S. The van der Waals surface area contributed by atoms with Crippen LogP contribution < -0.4 is 0 Å². The van der Waals surface area contributed by atoms with Crippen molar-refractivity contribution >= 4 is 39.3 Å². The van der Waals surface area contributed by atoms with E-state index in [0.29, 0.717) is 11.8 Å². The highest BCUT2D eigenvalue weighted by Crippen LogP contribution is 2.42. The van der Waals surface area contributed by atoms with Gasteiger partial charge in [-0.2, -0.15) is 20.5 Å². The van der Waals surface area contributed by atoms with E-state index in [1.807, 2.05) is 15.9 Å². The monoisotopic (exact) mass is 309 g/mol. The van der Waals surface area contributed by atoms with Crippen LogP contribution in [-0.4, -0.2) is 21.5 Å². The zero-order valence-electron chi connectivity index (χ0n) is 7.28. The van der Waals surface area contributed by atoms with E-state index in [0.717, 1.165) is 12.2 Å². The third kappa shape index (κ3) is 5.51. The molecule has 0 N–H and O–H groups in total. The van der Waals surface area contributed by atoms with E-state index in [4.69, 9.17) is 11.6 Å². The average Bonchev–Trinajstić information content (AvgIpc) is 2.02. The van der Waals surface area contributed by atoms with Crippen LogP contribution >= 0.6 is 39.3 Å². The normalized spacial score (nSPS) is 17.3. The Hall–Kier alpha value is 0.650. The Kier molecular flexibility index (Phi) is 6.57. The molecule has 1 atom stereocenters. The van der Waals surface area contributed by atoms with Crippen LogP contribution in [-0.2, 0) is 0 Å². The van der Waals surface area contributed by atoms with Crippen molar-refractivity contribution in [3.8, 4) is 0 Å². The van der Waals surface area contributed by atoms with Gasteiger partial charge in [-0.1, -0.05) is 24.6 Å². The van der Waals surface area contributed by atoms with Crippen LogP contribution in [0.15, 0.2) is 12.2 Å². The molecule has 0 aromatic rings. The Morgan fingerprint density at radius 2 is 2.00 bits per heavy atom. The van der Waals surface area contributed by atoms with E-state index >= 15 is 0 Å². The first-order valence-electron chi connectivity index (χ1n) is 3.80. The highest BCUT2D eigenvalue weighted by molar-refractivity contribution is 9.10. The summed E-state index contributed by atoms with van der Waals surface area (Å²) in [5.41, 5.74) is 0. The second kappa shape index (κ2) is 6.28. The molecule has 0 fully saturated rings. The molecule has 14 heavy (non-hydrogen) atoms. The molecule has 0 saturated carbocycles. The van der Waals surface area contributed by atoms with Gasteiger partial charge in [0.2, 0.25) is 0 Å². The van der Waals surface area contributed by atoms with Crippen LogP contribution in [0, 0.1) is 6.92 Å². The first kappa shape index (κ1) is 14.6. The van der Waals surface area contributed by atoms with E-state index in [-0.39, 0.29) is 0 Å². The molecule has 0 aliphatic carbocycles. The van der Waals surface area contributed by atoms with Crippen LogP contribution in [0.3, 0.4) is 0 Å². The lowest BCUT2D eigenvalue weighted by atomic mass is 10.3. The Morgan fingerprint density at radius 3 is 2.43 bits per heavy atom. The predicted molar refractivity (Wildman–Crippen MR) is 60.0 cm³/mol. The highest BCUT2D eigenvalue weighted by atomic mass is 79.9. The fourth-order valence-electron chi connectivity index (χ4n) is 0.544. The fraction of sp³-hybridized carbons (Fsp3) is 0.625. The van der Waals surface area contributed by atoms with Gasteiger partial charge in [0.05, 0.1) is 0 Å². The van der Waals surface area contributed by atoms with Crippen molar-refractivity contribution in [2.75, 3.05) is 11.5 Å². The molecule has 6 heteroatoms. The van der Waals surface area contributed by atoms with Gasteiger partial charge in [-0.3, -0.25) is 0 Å². The van der Waals surface area contributed by atoms with Crippen LogP contribution in [0.2, 0.25) is 0 Å². The Balaban J connectivity index is 3.97.